The molecule has 5 atom stereocenters. The Bertz CT molecular complexity index is 1180. The van der Waals surface area contributed by atoms with E-state index >= 15 is 0 Å². The van der Waals surface area contributed by atoms with E-state index < -0.39 is 43.2 Å². The normalized spacial score (nSPS) is 20.3. The van der Waals surface area contributed by atoms with Gasteiger partial charge in [-0.2, -0.15) is 11.8 Å². The maximum absolute atomic E-state index is 10.5. The van der Waals surface area contributed by atoms with Gasteiger partial charge >= 0.3 is 5.97 Å². The molecule has 1 unspecified atom stereocenters. The van der Waals surface area contributed by atoms with E-state index in [-0.39, 0.29) is 17.3 Å². The number of nitrogens with two attached hydrogens (primary N) is 1. The van der Waals surface area contributed by atoms with Crippen molar-refractivity contribution in [3.63, 3.8) is 0 Å². The molecule has 3 heterocycles. The van der Waals surface area contributed by atoms with Crippen LogP contribution in [0.5, 0.6) is 0 Å². The fraction of sp³-hybridized carbons (Fsp3) is 0.667. The summed E-state index contributed by atoms with van der Waals surface area (Å²) in [6.07, 6.45) is 3.06. The number of carboxylic acids is 1. The van der Waals surface area contributed by atoms with Crippen molar-refractivity contribution in [2.24, 2.45) is 12.8 Å². The number of aromatic nitrogens is 4. The molecule has 1 aliphatic heterocycles. The standard InChI is InChI=1S/C11H15N5O4.C7H13NO3S.C6H14N2O/c1-15-3-14-10-6(9(15)12)13-4-16(10)11-8(19)7(18)5(2-17)20-11;1-5(9)8-6(7(10)11)3-4-12-2;1-6(9)8-5-3-2-4-7/h3-5,7-8,11-12,17-19H,2H2,1H3;6H,3-4H2,1-2H3,(H,8,9)(H,10,11);2-5,7H2,1H3,(H,8,9)/t5-,7-,8-,11-;;/m1../s1. The molecule has 2 aromatic heterocycles. The third-order valence-corrected chi connectivity index (χ3v) is 6.42. The zero-order valence-electron chi connectivity index (χ0n) is 23.7. The summed E-state index contributed by atoms with van der Waals surface area (Å²) in [5.74, 6) is -0.508. The van der Waals surface area contributed by atoms with Gasteiger partial charge in [0.1, 0.15) is 29.9 Å². The number of carbonyl (C=O) groups excluding carboxylic acids is 2. The van der Waals surface area contributed by atoms with Crippen LogP contribution in [0.2, 0.25) is 0 Å². The SMILES string of the molecule is CC(=O)NCCCCN.CSCCC(NC(C)=O)C(=O)O.Cn1cnc2c(ncn2[C@@H]2O[C@H](CO)[C@@H](O)[C@H]2O)c1=N. The number of imidazole rings is 1. The van der Waals surface area contributed by atoms with E-state index in [0.717, 1.165) is 25.1 Å². The molecule has 2 aromatic rings. The summed E-state index contributed by atoms with van der Waals surface area (Å²) in [7, 11) is 1.68. The van der Waals surface area contributed by atoms with Crippen LogP contribution < -0.4 is 21.9 Å². The Labute approximate surface area is 241 Å². The van der Waals surface area contributed by atoms with Crippen molar-refractivity contribution in [3.8, 4) is 0 Å². The lowest BCUT2D eigenvalue weighted by atomic mass is 10.1. The van der Waals surface area contributed by atoms with Crippen LogP contribution >= 0.6 is 11.8 Å². The maximum atomic E-state index is 10.5. The van der Waals surface area contributed by atoms with Gasteiger partial charge in [-0.1, -0.05) is 0 Å². The third kappa shape index (κ3) is 11.4. The van der Waals surface area contributed by atoms with Crippen LogP contribution in [0.25, 0.3) is 11.2 Å². The van der Waals surface area contributed by atoms with Crippen LogP contribution in [0.1, 0.15) is 39.3 Å². The van der Waals surface area contributed by atoms with Gasteiger partial charge in [-0.25, -0.2) is 14.8 Å². The monoisotopic (exact) mass is 602 g/mol. The number of rotatable bonds is 11. The molecule has 2 amide bonds. The number of amides is 2. The first-order valence-electron chi connectivity index (χ1n) is 12.9. The molecule has 0 saturated carbocycles. The molecule has 0 bridgehead atoms. The minimum atomic E-state index is -1.20. The number of ether oxygens (including phenoxy) is 1. The highest BCUT2D eigenvalue weighted by Crippen LogP contribution is 2.30. The number of nitrogens with zero attached hydrogens (tertiary/aromatic N) is 4. The van der Waals surface area contributed by atoms with Crippen molar-refractivity contribution in [2.75, 3.05) is 31.7 Å². The fourth-order valence-corrected chi connectivity index (χ4v) is 4.06. The molecule has 41 heavy (non-hydrogen) atoms. The quantitative estimate of drug-likeness (QED) is 0.131. The molecule has 0 aliphatic carbocycles. The lowest BCUT2D eigenvalue weighted by Crippen LogP contribution is -2.39. The van der Waals surface area contributed by atoms with Crippen LogP contribution in [0, 0.1) is 5.41 Å². The van der Waals surface area contributed by atoms with Crippen LogP contribution in [0.3, 0.4) is 0 Å². The van der Waals surface area contributed by atoms with Gasteiger partial charge in [-0.05, 0) is 37.8 Å². The number of hydrogen-bond acceptors (Lipinski definition) is 12. The average Bonchev–Trinajstić information content (AvgIpc) is 3.47. The lowest BCUT2D eigenvalue weighted by Gasteiger charge is -2.16. The third-order valence-electron chi connectivity index (χ3n) is 5.78. The summed E-state index contributed by atoms with van der Waals surface area (Å²) in [6, 6.07) is -0.741. The number of thioether (sulfide) groups is 1. The predicted octanol–water partition coefficient (Wildman–Crippen LogP) is -1.95. The number of aliphatic carboxylic acids is 1. The minimum absolute atomic E-state index is 0.0343. The van der Waals surface area contributed by atoms with Crippen molar-refractivity contribution in [1.29, 1.82) is 5.41 Å². The highest BCUT2D eigenvalue weighted by Gasteiger charge is 2.43. The van der Waals surface area contributed by atoms with E-state index in [1.54, 1.807) is 18.8 Å². The number of hydrogen-bond donors (Lipinski definition) is 8. The number of carboxylic acid groups (broad SMARTS) is 1. The van der Waals surface area contributed by atoms with Gasteiger partial charge in [-0.3, -0.25) is 19.6 Å². The summed E-state index contributed by atoms with van der Waals surface area (Å²) < 4.78 is 8.39. The van der Waals surface area contributed by atoms with Crippen LogP contribution in [0.15, 0.2) is 12.7 Å². The number of aryl methyl sites for hydroxylation is 1. The minimum Gasteiger partial charge on any atom is -0.480 e. The summed E-state index contributed by atoms with van der Waals surface area (Å²) in [4.78, 5) is 39.6. The second kappa shape index (κ2) is 18.4. The predicted molar refractivity (Wildman–Crippen MR) is 151 cm³/mol. The molecule has 0 aromatic carbocycles. The van der Waals surface area contributed by atoms with Crippen LogP contribution in [-0.4, -0.2) is 113 Å². The van der Waals surface area contributed by atoms with Crippen LogP contribution in [-0.2, 0) is 26.2 Å². The first-order valence-corrected chi connectivity index (χ1v) is 14.3. The number of aliphatic hydroxyl groups is 3. The smallest absolute Gasteiger partial charge is 0.326 e. The Morgan fingerprint density at radius 3 is 2.37 bits per heavy atom. The summed E-state index contributed by atoms with van der Waals surface area (Å²) in [5.41, 5.74) is 6.16. The average molecular weight is 603 g/mol. The molecule has 1 saturated heterocycles. The molecule has 1 fully saturated rings. The van der Waals surface area contributed by atoms with Gasteiger partial charge in [0.25, 0.3) is 0 Å². The van der Waals surface area contributed by atoms with E-state index in [1.165, 1.54) is 35.6 Å². The Balaban J connectivity index is 0.000000344. The first-order chi connectivity index (χ1) is 19.4. The molecule has 9 N–H and O–H groups in total. The molecule has 17 heteroatoms. The van der Waals surface area contributed by atoms with E-state index in [4.69, 9.17) is 26.1 Å². The van der Waals surface area contributed by atoms with E-state index in [9.17, 15) is 24.6 Å². The molecular weight excluding hydrogens is 560 g/mol. The van der Waals surface area contributed by atoms with Gasteiger partial charge < -0.3 is 46.1 Å². The van der Waals surface area contributed by atoms with Crippen LogP contribution in [0.4, 0.5) is 0 Å². The lowest BCUT2D eigenvalue weighted by molar-refractivity contribution is -0.141. The fourth-order valence-electron chi connectivity index (χ4n) is 3.58. The van der Waals surface area contributed by atoms with E-state index in [0.29, 0.717) is 24.1 Å². The topological polar surface area (TPSA) is 251 Å². The Kier molecular flexibility index (Phi) is 16.1. The molecule has 232 valence electrons. The number of unbranched alkanes of at least 4 members (excludes halogenated alkanes) is 1. The number of aliphatic hydroxyl groups excluding tert-OH is 3. The summed E-state index contributed by atoms with van der Waals surface area (Å²) in [6.45, 7) is 3.90. The van der Waals surface area contributed by atoms with Gasteiger partial charge in [-0.15, -0.1) is 0 Å². The summed E-state index contributed by atoms with van der Waals surface area (Å²) in [5, 5.41) is 50.4. The Morgan fingerprint density at radius 1 is 1.17 bits per heavy atom. The number of fused-ring (bicyclic) bond motifs is 1. The zero-order valence-corrected chi connectivity index (χ0v) is 24.5. The van der Waals surface area contributed by atoms with E-state index in [1.807, 2.05) is 6.26 Å². The second-order valence-corrected chi connectivity index (χ2v) is 10.1. The van der Waals surface area contributed by atoms with Crippen molar-refractivity contribution in [3.05, 3.63) is 18.1 Å². The molecule has 3 rings (SSSR count). The molecule has 16 nitrogen and oxygen atoms in total. The van der Waals surface area contributed by atoms with Crippen molar-refractivity contribution in [2.45, 2.75) is 63.7 Å². The first kappa shape index (κ1) is 35.9. The van der Waals surface area contributed by atoms with Gasteiger partial charge in [0.05, 0.1) is 19.3 Å². The summed E-state index contributed by atoms with van der Waals surface area (Å²) >= 11 is 1.56. The molecule has 0 spiro atoms. The second-order valence-electron chi connectivity index (χ2n) is 9.11. The highest BCUT2D eigenvalue weighted by molar-refractivity contribution is 7.98. The van der Waals surface area contributed by atoms with Gasteiger partial charge in [0.15, 0.2) is 17.4 Å². The molecule has 0 radical (unpaired) electrons. The van der Waals surface area contributed by atoms with Crippen molar-refractivity contribution >= 4 is 40.7 Å². The molecule has 1 aliphatic rings. The number of nitrogens with one attached hydrogen (secondary N) is 3. The zero-order chi connectivity index (χ0) is 31.1. The van der Waals surface area contributed by atoms with E-state index in [2.05, 4.69) is 20.6 Å². The largest absolute Gasteiger partial charge is 0.480 e. The Hall–Kier alpha value is -3.09. The van der Waals surface area contributed by atoms with Crippen molar-refractivity contribution in [1.82, 2.24) is 29.7 Å². The van der Waals surface area contributed by atoms with Crippen molar-refractivity contribution < 1.29 is 39.5 Å². The Morgan fingerprint density at radius 2 is 1.85 bits per heavy atom. The maximum Gasteiger partial charge on any atom is 0.326 e. The highest BCUT2D eigenvalue weighted by atomic mass is 32.2. The van der Waals surface area contributed by atoms with Gasteiger partial charge in [0.2, 0.25) is 11.8 Å². The van der Waals surface area contributed by atoms with Gasteiger partial charge in [0, 0.05) is 27.4 Å². The molecular formula is C24H42N8O8S. The number of carbonyl (C=O) groups is 3.